The highest BCUT2D eigenvalue weighted by molar-refractivity contribution is 9.10. The van der Waals surface area contributed by atoms with Crippen molar-refractivity contribution in [2.24, 2.45) is 11.7 Å². The summed E-state index contributed by atoms with van der Waals surface area (Å²) in [4.78, 5) is 0. The topological polar surface area (TPSA) is 47.3 Å². The van der Waals surface area contributed by atoms with E-state index in [2.05, 4.69) is 61.1 Å². The molecule has 2 unspecified atom stereocenters. The number of hydrogen-bond acceptors (Lipinski definition) is 3. The number of nitrogens with two attached hydrogens (primary N) is 1. The zero-order valence-electron chi connectivity index (χ0n) is 13.5. The Morgan fingerprint density at radius 3 is 2.52 bits per heavy atom. The van der Waals surface area contributed by atoms with Crippen LogP contribution in [0.1, 0.15) is 37.8 Å². The Morgan fingerprint density at radius 2 is 2.00 bits per heavy atom. The maximum Gasteiger partial charge on any atom is 0.0620 e. The van der Waals surface area contributed by atoms with E-state index in [9.17, 15) is 0 Å². The van der Waals surface area contributed by atoms with Gasteiger partial charge in [0.15, 0.2) is 0 Å². The first-order chi connectivity index (χ1) is 9.87. The van der Waals surface area contributed by atoms with Crippen LogP contribution >= 0.6 is 15.9 Å². The maximum atomic E-state index is 6.13. The molecule has 2 atom stereocenters. The molecule has 4 heteroatoms. The zero-order valence-corrected chi connectivity index (χ0v) is 15.1. The van der Waals surface area contributed by atoms with Gasteiger partial charge >= 0.3 is 0 Å². The van der Waals surface area contributed by atoms with Crippen molar-refractivity contribution in [2.75, 3.05) is 18.5 Å². The molecule has 1 fully saturated rings. The van der Waals surface area contributed by atoms with Crippen LogP contribution in [0, 0.1) is 19.8 Å². The molecule has 0 aromatic heterocycles. The third-order valence-electron chi connectivity index (χ3n) is 4.48. The highest BCUT2D eigenvalue weighted by atomic mass is 79.9. The second kappa shape index (κ2) is 6.67. The average molecular weight is 355 g/mol. The summed E-state index contributed by atoms with van der Waals surface area (Å²) in [6.45, 7) is 10.1. The van der Waals surface area contributed by atoms with Gasteiger partial charge < -0.3 is 15.8 Å². The Kier molecular flexibility index (Phi) is 5.33. The largest absolute Gasteiger partial charge is 0.378 e. The third kappa shape index (κ3) is 3.79. The molecule has 2 rings (SSSR count). The van der Waals surface area contributed by atoms with Gasteiger partial charge in [-0.3, -0.25) is 0 Å². The molecule has 3 N–H and O–H groups in total. The summed E-state index contributed by atoms with van der Waals surface area (Å²) < 4.78 is 7.08. The van der Waals surface area contributed by atoms with Crippen molar-refractivity contribution in [3.8, 4) is 0 Å². The van der Waals surface area contributed by atoms with Crippen LogP contribution in [0.15, 0.2) is 16.6 Å². The van der Waals surface area contributed by atoms with E-state index >= 15 is 0 Å². The molecule has 3 nitrogen and oxygen atoms in total. The summed E-state index contributed by atoms with van der Waals surface area (Å²) >= 11 is 3.63. The first-order valence-corrected chi connectivity index (χ1v) is 8.53. The van der Waals surface area contributed by atoms with E-state index in [0.717, 1.165) is 25.1 Å². The molecule has 0 radical (unpaired) electrons. The van der Waals surface area contributed by atoms with Crippen molar-refractivity contribution >= 4 is 21.6 Å². The first kappa shape index (κ1) is 16.8. The fourth-order valence-electron chi connectivity index (χ4n) is 3.05. The summed E-state index contributed by atoms with van der Waals surface area (Å²) in [5.74, 6) is 0.520. The fraction of sp³-hybridized carbons (Fsp3) is 0.647. The van der Waals surface area contributed by atoms with E-state index < -0.39 is 0 Å². The van der Waals surface area contributed by atoms with Crippen molar-refractivity contribution in [2.45, 2.75) is 52.2 Å². The number of hydrogen-bond donors (Lipinski definition) is 2. The zero-order chi connectivity index (χ0) is 15.6. The molecule has 1 saturated heterocycles. The molecule has 0 saturated carbocycles. The lowest BCUT2D eigenvalue weighted by Gasteiger charge is -2.43. The van der Waals surface area contributed by atoms with Crippen LogP contribution in [0.5, 0.6) is 0 Å². The molecule has 0 spiro atoms. The molecule has 1 aliphatic rings. The minimum absolute atomic E-state index is 0.0557. The Labute approximate surface area is 136 Å². The van der Waals surface area contributed by atoms with Gasteiger partial charge in [-0.05, 0) is 55.9 Å². The minimum Gasteiger partial charge on any atom is -0.378 e. The van der Waals surface area contributed by atoms with Gasteiger partial charge in [0.1, 0.15) is 0 Å². The Morgan fingerprint density at radius 1 is 1.38 bits per heavy atom. The van der Waals surface area contributed by atoms with Gasteiger partial charge in [0.05, 0.1) is 11.6 Å². The number of anilines is 1. The predicted octanol–water partition coefficient (Wildman–Crippen LogP) is 4.01. The number of benzene rings is 1. The van der Waals surface area contributed by atoms with Crippen LogP contribution in [-0.4, -0.2) is 24.8 Å². The van der Waals surface area contributed by atoms with Crippen LogP contribution in [0.25, 0.3) is 0 Å². The molecule has 1 heterocycles. The molecule has 1 aromatic rings. The number of ether oxygens (including phenoxy) is 1. The number of nitrogens with one attached hydrogen (secondary N) is 1. The standard InChI is InChI=1S/C17H27BrN2O/c1-11(2)15-9-17(10-19,5-6-21-15)20-14-7-12(3)16(18)13(4)8-14/h7-8,11,15,20H,5-6,9-10,19H2,1-4H3. The van der Waals surface area contributed by atoms with Gasteiger partial charge in [-0.2, -0.15) is 0 Å². The average Bonchev–Trinajstić information content (AvgIpc) is 2.45. The van der Waals surface area contributed by atoms with Crippen molar-refractivity contribution < 1.29 is 4.74 Å². The Hall–Kier alpha value is -0.580. The molecule has 0 aliphatic carbocycles. The molecule has 1 aromatic carbocycles. The van der Waals surface area contributed by atoms with E-state index in [1.165, 1.54) is 15.6 Å². The maximum absolute atomic E-state index is 6.13. The summed E-state index contributed by atoms with van der Waals surface area (Å²) in [7, 11) is 0. The van der Waals surface area contributed by atoms with Crippen molar-refractivity contribution in [3.63, 3.8) is 0 Å². The van der Waals surface area contributed by atoms with E-state index in [-0.39, 0.29) is 11.6 Å². The quantitative estimate of drug-likeness (QED) is 0.858. The summed E-state index contributed by atoms with van der Waals surface area (Å²) in [5.41, 5.74) is 9.72. The van der Waals surface area contributed by atoms with Crippen LogP contribution in [0.4, 0.5) is 5.69 Å². The van der Waals surface area contributed by atoms with Gasteiger partial charge in [0.25, 0.3) is 0 Å². The molecule has 21 heavy (non-hydrogen) atoms. The van der Waals surface area contributed by atoms with Gasteiger partial charge in [0, 0.05) is 23.3 Å². The Bertz CT molecular complexity index is 481. The number of aryl methyl sites for hydroxylation is 2. The summed E-state index contributed by atoms with van der Waals surface area (Å²) in [5, 5.41) is 3.71. The minimum atomic E-state index is -0.0557. The molecular formula is C17H27BrN2O. The number of halogens is 1. The van der Waals surface area contributed by atoms with Gasteiger partial charge in [-0.1, -0.05) is 29.8 Å². The van der Waals surface area contributed by atoms with Crippen LogP contribution in [0.2, 0.25) is 0 Å². The second-order valence-electron chi connectivity index (χ2n) is 6.64. The van der Waals surface area contributed by atoms with E-state index in [0.29, 0.717) is 12.5 Å². The lowest BCUT2D eigenvalue weighted by molar-refractivity contribution is -0.0357. The van der Waals surface area contributed by atoms with Crippen molar-refractivity contribution in [1.29, 1.82) is 0 Å². The molecular weight excluding hydrogens is 328 g/mol. The molecule has 1 aliphatic heterocycles. The van der Waals surface area contributed by atoms with Crippen LogP contribution < -0.4 is 11.1 Å². The van der Waals surface area contributed by atoms with Crippen molar-refractivity contribution in [1.82, 2.24) is 0 Å². The summed E-state index contributed by atoms with van der Waals surface area (Å²) in [6.07, 6.45) is 2.21. The predicted molar refractivity (Wildman–Crippen MR) is 92.8 cm³/mol. The second-order valence-corrected chi connectivity index (χ2v) is 7.43. The van der Waals surface area contributed by atoms with E-state index in [1.807, 2.05) is 0 Å². The first-order valence-electron chi connectivity index (χ1n) is 7.73. The fourth-order valence-corrected chi connectivity index (χ4v) is 3.28. The Balaban J connectivity index is 2.22. The summed E-state index contributed by atoms with van der Waals surface area (Å²) in [6, 6.07) is 4.38. The lowest BCUT2D eigenvalue weighted by atomic mass is 9.83. The van der Waals surface area contributed by atoms with E-state index in [4.69, 9.17) is 10.5 Å². The van der Waals surface area contributed by atoms with Crippen LogP contribution in [0.3, 0.4) is 0 Å². The lowest BCUT2D eigenvalue weighted by Crippen LogP contribution is -2.53. The SMILES string of the molecule is Cc1cc(NC2(CN)CCOC(C(C)C)C2)cc(C)c1Br. The monoisotopic (exact) mass is 354 g/mol. The molecule has 118 valence electrons. The van der Waals surface area contributed by atoms with Gasteiger partial charge in [-0.15, -0.1) is 0 Å². The molecule has 0 bridgehead atoms. The third-order valence-corrected chi connectivity index (χ3v) is 5.74. The van der Waals surface area contributed by atoms with Gasteiger partial charge in [0.2, 0.25) is 0 Å². The van der Waals surface area contributed by atoms with E-state index in [1.54, 1.807) is 0 Å². The van der Waals surface area contributed by atoms with Crippen molar-refractivity contribution in [3.05, 3.63) is 27.7 Å². The normalized spacial score (nSPS) is 26.1. The van der Waals surface area contributed by atoms with Gasteiger partial charge in [-0.25, -0.2) is 0 Å². The molecule has 0 amide bonds. The smallest absolute Gasteiger partial charge is 0.0620 e. The highest BCUT2D eigenvalue weighted by Gasteiger charge is 2.37. The number of rotatable bonds is 4. The highest BCUT2D eigenvalue weighted by Crippen LogP contribution is 2.33. The van der Waals surface area contributed by atoms with Crippen LogP contribution in [-0.2, 0) is 4.74 Å².